The number of halogens is 1. The van der Waals surface area contributed by atoms with Gasteiger partial charge >= 0.3 is 0 Å². The molecule has 0 radical (unpaired) electrons. The Labute approximate surface area is 114 Å². The number of rotatable bonds is 3. The second-order valence-electron chi connectivity index (χ2n) is 4.12. The lowest BCUT2D eigenvalue weighted by Crippen LogP contribution is -2.46. The van der Waals surface area contributed by atoms with Gasteiger partial charge in [-0.1, -0.05) is 18.2 Å². The van der Waals surface area contributed by atoms with Gasteiger partial charge in [0, 0.05) is 31.7 Å². The Kier molecular flexibility index (Phi) is 5.95. The molecular formula is C13H19ClN2O2. The number of hydrogen-bond donors (Lipinski definition) is 1. The van der Waals surface area contributed by atoms with E-state index >= 15 is 0 Å². The van der Waals surface area contributed by atoms with Crippen molar-refractivity contribution in [2.75, 3.05) is 33.3 Å². The molecule has 0 saturated carbocycles. The molecule has 1 amide bonds. The largest absolute Gasteiger partial charge is 0.496 e. The minimum Gasteiger partial charge on any atom is -0.496 e. The van der Waals surface area contributed by atoms with E-state index in [1.54, 1.807) is 7.11 Å². The summed E-state index contributed by atoms with van der Waals surface area (Å²) in [6, 6.07) is 7.68. The summed E-state index contributed by atoms with van der Waals surface area (Å²) in [6.45, 7) is 3.37. The fourth-order valence-corrected chi connectivity index (χ4v) is 2.04. The number of hydrogen-bond acceptors (Lipinski definition) is 3. The SMILES string of the molecule is COc1ccccc1CC(=O)N1CCNCC1.Cl. The van der Waals surface area contributed by atoms with Crippen molar-refractivity contribution in [1.82, 2.24) is 10.2 Å². The van der Waals surface area contributed by atoms with Crippen molar-refractivity contribution >= 4 is 18.3 Å². The van der Waals surface area contributed by atoms with Gasteiger partial charge in [0.2, 0.25) is 5.91 Å². The molecule has 0 spiro atoms. The van der Waals surface area contributed by atoms with Gasteiger partial charge in [-0.15, -0.1) is 12.4 Å². The Morgan fingerprint density at radius 1 is 1.33 bits per heavy atom. The van der Waals surface area contributed by atoms with Crippen LogP contribution in [0.5, 0.6) is 5.75 Å². The molecule has 1 aliphatic heterocycles. The van der Waals surface area contributed by atoms with Gasteiger partial charge in [-0.05, 0) is 6.07 Å². The monoisotopic (exact) mass is 270 g/mol. The van der Waals surface area contributed by atoms with Gasteiger partial charge in [0.25, 0.3) is 0 Å². The number of piperazine rings is 1. The fourth-order valence-electron chi connectivity index (χ4n) is 2.04. The summed E-state index contributed by atoms with van der Waals surface area (Å²) in [5.74, 6) is 0.965. The van der Waals surface area contributed by atoms with E-state index in [9.17, 15) is 4.79 Å². The summed E-state index contributed by atoms with van der Waals surface area (Å²) >= 11 is 0. The Hall–Kier alpha value is -1.26. The van der Waals surface area contributed by atoms with Gasteiger partial charge in [0.05, 0.1) is 13.5 Å². The molecule has 0 atom stereocenters. The van der Waals surface area contributed by atoms with Crippen molar-refractivity contribution in [3.05, 3.63) is 29.8 Å². The number of methoxy groups -OCH3 is 1. The van der Waals surface area contributed by atoms with Crippen LogP contribution in [-0.4, -0.2) is 44.1 Å². The van der Waals surface area contributed by atoms with E-state index in [2.05, 4.69) is 5.32 Å². The van der Waals surface area contributed by atoms with Crippen molar-refractivity contribution in [3.8, 4) is 5.75 Å². The maximum atomic E-state index is 12.1. The Morgan fingerprint density at radius 3 is 2.67 bits per heavy atom. The van der Waals surface area contributed by atoms with E-state index in [4.69, 9.17) is 4.74 Å². The van der Waals surface area contributed by atoms with Crippen molar-refractivity contribution in [3.63, 3.8) is 0 Å². The predicted octanol–water partition coefficient (Wildman–Crippen LogP) is 1.09. The van der Waals surface area contributed by atoms with Crippen LogP contribution in [0, 0.1) is 0 Å². The van der Waals surface area contributed by atoms with E-state index in [0.717, 1.165) is 37.5 Å². The molecule has 5 heteroatoms. The number of para-hydroxylation sites is 1. The molecular weight excluding hydrogens is 252 g/mol. The predicted molar refractivity (Wildman–Crippen MR) is 73.4 cm³/mol. The molecule has 4 nitrogen and oxygen atoms in total. The van der Waals surface area contributed by atoms with E-state index in [0.29, 0.717) is 6.42 Å². The quantitative estimate of drug-likeness (QED) is 0.894. The third kappa shape index (κ3) is 3.62. The molecule has 1 heterocycles. The van der Waals surface area contributed by atoms with E-state index in [1.165, 1.54) is 0 Å². The van der Waals surface area contributed by atoms with Crippen molar-refractivity contribution < 1.29 is 9.53 Å². The Bertz CT molecular complexity index is 392. The molecule has 1 fully saturated rings. The van der Waals surface area contributed by atoms with E-state index in [-0.39, 0.29) is 18.3 Å². The van der Waals surface area contributed by atoms with E-state index in [1.807, 2.05) is 29.2 Å². The van der Waals surface area contributed by atoms with Crippen LogP contribution < -0.4 is 10.1 Å². The summed E-state index contributed by atoms with van der Waals surface area (Å²) in [6.07, 6.45) is 0.421. The van der Waals surface area contributed by atoms with Crippen molar-refractivity contribution in [2.24, 2.45) is 0 Å². The average molecular weight is 271 g/mol. The first kappa shape index (κ1) is 14.8. The molecule has 18 heavy (non-hydrogen) atoms. The molecule has 1 saturated heterocycles. The Balaban J connectivity index is 0.00000162. The lowest BCUT2D eigenvalue weighted by Gasteiger charge is -2.27. The van der Waals surface area contributed by atoms with Crippen LogP contribution in [0.15, 0.2) is 24.3 Å². The Morgan fingerprint density at radius 2 is 2.00 bits per heavy atom. The first-order valence-electron chi connectivity index (χ1n) is 5.91. The van der Waals surface area contributed by atoms with Gasteiger partial charge < -0.3 is 15.0 Å². The molecule has 0 aromatic heterocycles. The molecule has 0 bridgehead atoms. The topological polar surface area (TPSA) is 41.6 Å². The minimum absolute atomic E-state index is 0. The van der Waals surface area contributed by atoms with Gasteiger partial charge in [0.1, 0.15) is 5.75 Å². The fraction of sp³-hybridized carbons (Fsp3) is 0.462. The highest BCUT2D eigenvalue weighted by molar-refractivity contribution is 5.85. The molecule has 1 aliphatic rings. The van der Waals surface area contributed by atoms with Crippen LogP contribution in [-0.2, 0) is 11.2 Å². The number of amides is 1. The van der Waals surface area contributed by atoms with Crippen LogP contribution in [0.4, 0.5) is 0 Å². The smallest absolute Gasteiger partial charge is 0.227 e. The maximum Gasteiger partial charge on any atom is 0.227 e. The van der Waals surface area contributed by atoms with Gasteiger partial charge in [-0.3, -0.25) is 4.79 Å². The molecule has 100 valence electrons. The highest BCUT2D eigenvalue weighted by Crippen LogP contribution is 2.18. The normalized spacial score (nSPS) is 14.8. The zero-order valence-electron chi connectivity index (χ0n) is 10.5. The molecule has 0 unspecified atom stereocenters. The first-order chi connectivity index (χ1) is 8.31. The molecule has 1 aromatic rings. The number of benzene rings is 1. The number of carbonyl (C=O) groups is 1. The molecule has 0 aliphatic carbocycles. The van der Waals surface area contributed by atoms with Gasteiger partial charge in [-0.25, -0.2) is 0 Å². The van der Waals surface area contributed by atoms with Gasteiger partial charge in [-0.2, -0.15) is 0 Å². The van der Waals surface area contributed by atoms with Crippen LogP contribution >= 0.6 is 12.4 Å². The number of carbonyl (C=O) groups excluding carboxylic acids is 1. The van der Waals surface area contributed by atoms with Crippen molar-refractivity contribution in [1.29, 1.82) is 0 Å². The third-order valence-corrected chi connectivity index (χ3v) is 3.00. The van der Waals surface area contributed by atoms with Crippen LogP contribution in [0.25, 0.3) is 0 Å². The summed E-state index contributed by atoms with van der Waals surface area (Å²) in [4.78, 5) is 14.0. The molecule has 1 aromatic carbocycles. The summed E-state index contributed by atoms with van der Waals surface area (Å²) < 4.78 is 5.25. The second kappa shape index (κ2) is 7.24. The second-order valence-corrected chi connectivity index (χ2v) is 4.12. The minimum atomic E-state index is 0. The number of nitrogens with one attached hydrogen (secondary N) is 1. The number of ether oxygens (including phenoxy) is 1. The van der Waals surface area contributed by atoms with E-state index < -0.39 is 0 Å². The summed E-state index contributed by atoms with van der Waals surface area (Å²) in [7, 11) is 1.63. The zero-order chi connectivity index (χ0) is 12.1. The van der Waals surface area contributed by atoms with Crippen molar-refractivity contribution in [2.45, 2.75) is 6.42 Å². The lowest BCUT2D eigenvalue weighted by atomic mass is 10.1. The van der Waals surface area contributed by atoms with Crippen LogP contribution in [0.3, 0.4) is 0 Å². The standard InChI is InChI=1S/C13H18N2O2.ClH/c1-17-12-5-3-2-4-11(12)10-13(16)15-8-6-14-7-9-15;/h2-5,14H,6-10H2,1H3;1H. The summed E-state index contributed by atoms with van der Waals surface area (Å²) in [5, 5.41) is 3.24. The third-order valence-electron chi connectivity index (χ3n) is 3.00. The first-order valence-corrected chi connectivity index (χ1v) is 5.91. The highest BCUT2D eigenvalue weighted by Gasteiger charge is 2.17. The van der Waals surface area contributed by atoms with Crippen LogP contribution in [0.1, 0.15) is 5.56 Å². The van der Waals surface area contributed by atoms with Gasteiger partial charge in [0.15, 0.2) is 0 Å². The highest BCUT2D eigenvalue weighted by atomic mass is 35.5. The zero-order valence-corrected chi connectivity index (χ0v) is 11.3. The maximum absolute atomic E-state index is 12.1. The van der Waals surface area contributed by atoms with Crippen LogP contribution in [0.2, 0.25) is 0 Å². The number of nitrogens with zero attached hydrogens (tertiary/aromatic N) is 1. The average Bonchev–Trinajstić information content (AvgIpc) is 2.40. The molecule has 1 N–H and O–H groups in total. The molecule has 2 rings (SSSR count). The lowest BCUT2D eigenvalue weighted by molar-refractivity contribution is -0.131. The summed E-state index contributed by atoms with van der Waals surface area (Å²) in [5.41, 5.74) is 0.957.